The lowest BCUT2D eigenvalue weighted by molar-refractivity contribution is -0.137. The molecule has 0 bridgehead atoms. The molecule has 0 fully saturated rings. The van der Waals surface area contributed by atoms with Gasteiger partial charge in [0.15, 0.2) is 0 Å². The first kappa shape index (κ1) is 17.8. The Kier molecular flexibility index (Phi) is 5.12. The van der Waals surface area contributed by atoms with Gasteiger partial charge in [-0.3, -0.25) is 0 Å². The van der Waals surface area contributed by atoms with E-state index in [1.807, 2.05) is 30.3 Å². The maximum Gasteiger partial charge on any atom is 0.417 e. The average molecular weight is 354 g/mol. The maximum absolute atomic E-state index is 13.3. The monoisotopic (exact) mass is 354 g/mol. The summed E-state index contributed by atoms with van der Waals surface area (Å²) in [5.74, 6) is 0.603. The minimum absolute atomic E-state index is 0.129. The highest BCUT2D eigenvalue weighted by Crippen LogP contribution is 2.38. The van der Waals surface area contributed by atoms with Crippen molar-refractivity contribution in [3.63, 3.8) is 0 Å². The van der Waals surface area contributed by atoms with Crippen molar-refractivity contribution in [3.8, 4) is 16.9 Å². The normalized spacial score (nSPS) is 11.2. The van der Waals surface area contributed by atoms with Gasteiger partial charge in [-0.1, -0.05) is 61.2 Å². The van der Waals surface area contributed by atoms with Crippen LogP contribution in [0.25, 0.3) is 17.2 Å². The fraction of sp³-hybridized carbons (Fsp3) is 0.0909. The molecule has 0 amide bonds. The van der Waals surface area contributed by atoms with E-state index in [0.29, 0.717) is 23.5 Å². The third-order valence-electron chi connectivity index (χ3n) is 4.00. The van der Waals surface area contributed by atoms with E-state index in [9.17, 15) is 13.2 Å². The van der Waals surface area contributed by atoms with Gasteiger partial charge in [-0.05, 0) is 46.5 Å². The number of ether oxygens (including phenoxy) is 1. The quantitative estimate of drug-likeness (QED) is 0.502. The van der Waals surface area contributed by atoms with Gasteiger partial charge >= 0.3 is 6.18 Å². The summed E-state index contributed by atoms with van der Waals surface area (Å²) in [6, 6.07) is 20.3. The summed E-state index contributed by atoms with van der Waals surface area (Å²) in [5, 5.41) is 0. The Bertz CT molecular complexity index is 882. The molecule has 0 heterocycles. The van der Waals surface area contributed by atoms with Crippen LogP contribution in [0, 0.1) is 0 Å². The van der Waals surface area contributed by atoms with Crippen LogP contribution in [0.15, 0.2) is 79.4 Å². The number of benzene rings is 3. The number of rotatable bonds is 5. The Morgan fingerprint density at radius 1 is 0.885 bits per heavy atom. The number of hydrogen-bond donors (Lipinski definition) is 0. The van der Waals surface area contributed by atoms with Crippen molar-refractivity contribution in [2.75, 3.05) is 0 Å². The van der Waals surface area contributed by atoms with Crippen molar-refractivity contribution >= 4 is 6.08 Å². The van der Waals surface area contributed by atoms with Crippen molar-refractivity contribution in [1.82, 2.24) is 0 Å². The van der Waals surface area contributed by atoms with Crippen LogP contribution in [0.2, 0.25) is 0 Å². The van der Waals surface area contributed by atoms with E-state index in [0.717, 1.165) is 11.6 Å². The second-order valence-corrected chi connectivity index (χ2v) is 5.81. The summed E-state index contributed by atoms with van der Waals surface area (Å²) in [5.41, 5.74) is 1.60. The zero-order valence-electron chi connectivity index (χ0n) is 14.0. The molecule has 0 radical (unpaired) electrons. The topological polar surface area (TPSA) is 9.23 Å². The minimum Gasteiger partial charge on any atom is -0.489 e. The van der Waals surface area contributed by atoms with Gasteiger partial charge in [-0.15, -0.1) is 0 Å². The lowest BCUT2D eigenvalue weighted by atomic mass is 9.97. The molecule has 0 aliphatic rings. The first-order chi connectivity index (χ1) is 12.5. The summed E-state index contributed by atoms with van der Waals surface area (Å²) in [4.78, 5) is 0. The molecule has 4 heteroatoms. The summed E-state index contributed by atoms with van der Waals surface area (Å²) in [6.07, 6.45) is -2.89. The largest absolute Gasteiger partial charge is 0.489 e. The zero-order valence-corrected chi connectivity index (χ0v) is 14.0. The Balaban J connectivity index is 1.85. The second-order valence-electron chi connectivity index (χ2n) is 5.81. The third kappa shape index (κ3) is 4.14. The predicted molar refractivity (Wildman–Crippen MR) is 97.7 cm³/mol. The predicted octanol–water partition coefficient (Wildman–Crippen LogP) is 6.59. The van der Waals surface area contributed by atoms with Crippen molar-refractivity contribution in [3.05, 3.63) is 96.1 Å². The third-order valence-corrected chi connectivity index (χ3v) is 4.00. The van der Waals surface area contributed by atoms with Crippen molar-refractivity contribution < 1.29 is 17.9 Å². The molecule has 0 aliphatic heterocycles. The molecule has 0 unspecified atom stereocenters. The van der Waals surface area contributed by atoms with Gasteiger partial charge in [0.2, 0.25) is 0 Å². The molecule has 3 aromatic rings. The van der Waals surface area contributed by atoms with Gasteiger partial charge in [-0.25, -0.2) is 0 Å². The van der Waals surface area contributed by atoms with E-state index < -0.39 is 11.7 Å². The molecule has 0 N–H and O–H groups in total. The average Bonchev–Trinajstić information content (AvgIpc) is 2.66. The van der Waals surface area contributed by atoms with Crippen LogP contribution in [0.5, 0.6) is 5.75 Å². The van der Waals surface area contributed by atoms with E-state index in [2.05, 4.69) is 6.58 Å². The van der Waals surface area contributed by atoms with Crippen LogP contribution >= 0.6 is 0 Å². The van der Waals surface area contributed by atoms with Crippen LogP contribution < -0.4 is 4.74 Å². The standard InChI is InChI=1S/C22H17F3O/c1-2-16-8-13-21(22(23,24)25)20(14-16)18-9-11-19(12-10-18)26-15-17-6-4-3-5-7-17/h2-14H,1,15H2. The van der Waals surface area contributed by atoms with Crippen molar-refractivity contribution in [2.45, 2.75) is 12.8 Å². The highest BCUT2D eigenvalue weighted by molar-refractivity contribution is 5.71. The molecule has 0 aromatic heterocycles. The lowest BCUT2D eigenvalue weighted by Gasteiger charge is -2.14. The van der Waals surface area contributed by atoms with E-state index in [4.69, 9.17) is 4.74 Å². The highest BCUT2D eigenvalue weighted by Gasteiger charge is 2.33. The lowest BCUT2D eigenvalue weighted by Crippen LogP contribution is -2.07. The Labute approximate surface area is 150 Å². The molecule has 1 nitrogen and oxygen atoms in total. The van der Waals surface area contributed by atoms with E-state index in [1.165, 1.54) is 18.2 Å². The molecule has 0 atom stereocenters. The molecular weight excluding hydrogens is 337 g/mol. The smallest absolute Gasteiger partial charge is 0.417 e. The zero-order chi connectivity index (χ0) is 18.6. The Morgan fingerprint density at radius 3 is 2.19 bits per heavy atom. The number of hydrogen-bond acceptors (Lipinski definition) is 1. The highest BCUT2D eigenvalue weighted by atomic mass is 19.4. The minimum atomic E-state index is -4.42. The maximum atomic E-state index is 13.3. The van der Waals surface area contributed by atoms with Crippen LogP contribution in [0.3, 0.4) is 0 Å². The van der Waals surface area contributed by atoms with Gasteiger partial charge in [0.25, 0.3) is 0 Å². The molecule has 0 spiro atoms. The van der Waals surface area contributed by atoms with Gasteiger partial charge in [0.1, 0.15) is 12.4 Å². The number of alkyl halides is 3. The van der Waals surface area contributed by atoms with Crippen LogP contribution in [-0.4, -0.2) is 0 Å². The molecule has 0 saturated heterocycles. The molecule has 132 valence electrons. The first-order valence-electron chi connectivity index (χ1n) is 8.08. The molecule has 3 rings (SSSR count). The summed E-state index contributed by atoms with van der Waals surface area (Å²) >= 11 is 0. The summed E-state index contributed by atoms with van der Waals surface area (Å²) in [6.45, 7) is 4.03. The SMILES string of the molecule is C=Cc1ccc(C(F)(F)F)c(-c2ccc(OCc3ccccc3)cc2)c1. The van der Waals surface area contributed by atoms with Crippen LogP contribution in [-0.2, 0) is 12.8 Å². The van der Waals surface area contributed by atoms with Gasteiger partial charge in [0.05, 0.1) is 5.56 Å². The first-order valence-corrected chi connectivity index (χ1v) is 8.08. The van der Waals surface area contributed by atoms with E-state index in [-0.39, 0.29) is 5.56 Å². The van der Waals surface area contributed by atoms with Crippen molar-refractivity contribution in [2.24, 2.45) is 0 Å². The molecule has 26 heavy (non-hydrogen) atoms. The van der Waals surface area contributed by atoms with Crippen LogP contribution in [0.4, 0.5) is 13.2 Å². The van der Waals surface area contributed by atoms with E-state index >= 15 is 0 Å². The number of halogens is 3. The second kappa shape index (κ2) is 7.48. The fourth-order valence-electron chi connectivity index (χ4n) is 2.65. The summed E-state index contributed by atoms with van der Waals surface area (Å²) < 4.78 is 45.6. The molecule has 0 aliphatic carbocycles. The molecule has 3 aromatic carbocycles. The van der Waals surface area contributed by atoms with Gasteiger partial charge in [0, 0.05) is 0 Å². The van der Waals surface area contributed by atoms with Crippen molar-refractivity contribution in [1.29, 1.82) is 0 Å². The summed E-state index contributed by atoms with van der Waals surface area (Å²) in [7, 11) is 0. The molecular formula is C22H17F3O. The Morgan fingerprint density at radius 2 is 1.58 bits per heavy atom. The van der Waals surface area contributed by atoms with Crippen LogP contribution in [0.1, 0.15) is 16.7 Å². The van der Waals surface area contributed by atoms with Gasteiger partial charge < -0.3 is 4.74 Å². The fourth-order valence-corrected chi connectivity index (χ4v) is 2.65. The molecule has 0 saturated carbocycles. The van der Waals surface area contributed by atoms with Gasteiger partial charge in [-0.2, -0.15) is 13.2 Å². The Hall–Kier alpha value is -3.01. The van der Waals surface area contributed by atoms with E-state index in [1.54, 1.807) is 24.3 Å².